The molecule has 2 amide bonds. The van der Waals surface area contributed by atoms with Gasteiger partial charge in [0.15, 0.2) is 9.84 Å². The number of amides is 2. The topological polar surface area (TPSA) is 105 Å². The van der Waals surface area contributed by atoms with E-state index in [1.807, 2.05) is 25.7 Å². The van der Waals surface area contributed by atoms with Crippen LogP contribution in [0, 0.1) is 5.92 Å². The quantitative estimate of drug-likeness (QED) is 0.547. The maximum Gasteiger partial charge on any atom is 0.270 e. The van der Waals surface area contributed by atoms with E-state index in [2.05, 4.69) is 36.2 Å². The van der Waals surface area contributed by atoms with E-state index in [-0.39, 0.29) is 34.9 Å². The minimum absolute atomic E-state index is 0.0865. The minimum Gasteiger partial charge on any atom is -0.339 e. The fourth-order valence-electron chi connectivity index (χ4n) is 5.54. The number of hydrogen-bond acceptors (Lipinski definition) is 6. The first-order valence-electron chi connectivity index (χ1n) is 13.6. The summed E-state index contributed by atoms with van der Waals surface area (Å²) in [7, 11) is 0.566. The molecule has 1 N–H and O–H groups in total. The molecule has 1 aliphatic heterocycles. The zero-order valence-electron chi connectivity index (χ0n) is 24.1. The van der Waals surface area contributed by atoms with E-state index < -0.39 is 21.1 Å². The summed E-state index contributed by atoms with van der Waals surface area (Å²) in [5.74, 6) is -0.466. The Morgan fingerprint density at radius 2 is 1.84 bits per heavy atom. The van der Waals surface area contributed by atoms with E-state index in [4.69, 9.17) is 0 Å². The lowest BCUT2D eigenvalue weighted by Gasteiger charge is -2.44. The van der Waals surface area contributed by atoms with Gasteiger partial charge in [0.1, 0.15) is 11.7 Å². The fraction of sp³-hybridized carbons (Fsp3) is 0.815. The summed E-state index contributed by atoms with van der Waals surface area (Å²) in [6.45, 7) is 14.4. The van der Waals surface area contributed by atoms with Gasteiger partial charge in [0.2, 0.25) is 5.91 Å². The van der Waals surface area contributed by atoms with Crippen molar-refractivity contribution in [2.75, 3.05) is 19.3 Å². The van der Waals surface area contributed by atoms with Gasteiger partial charge >= 0.3 is 0 Å². The van der Waals surface area contributed by atoms with Crippen LogP contribution in [0.2, 0.25) is 0 Å². The van der Waals surface area contributed by atoms with Crippen LogP contribution in [0.4, 0.5) is 0 Å². The lowest BCUT2D eigenvalue weighted by molar-refractivity contribution is -0.133. The Morgan fingerprint density at radius 3 is 2.38 bits per heavy atom. The zero-order valence-corrected chi connectivity index (χ0v) is 24.9. The van der Waals surface area contributed by atoms with Gasteiger partial charge < -0.3 is 15.1 Å². The maximum atomic E-state index is 13.5. The Labute approximate surface area is 223 Å². The van der Waals surface area contributed by atoms with Gasteiger partial charge in [-0.15, -0.1) is 0 Å². The number of carbonyl (C=O) groups excluding carboxylic acids is 2. The highest BCUT2D eigenvalue weighted by Crippen LogP contribution is 2.35. The molecule has 1 saturated carbocycles. The van der Waals surface area contributed by atoms with Gasteiger partial charge in [0.25, 0.3) is 5.91 Å². The van der Waals surface area contributed by atoms with E-state index in [1.165, 1.54) is 0 Å². The fourth-order valence-corrected chi connectivity index (χ4v) is 6.88. The van der Waals surface area contributed by atoms with E-state index in [0.717, 1.165) is 25.0 Å². The first-order valence-corrected chi connectivity index (χ1v) is 15.3. The molecule has 0 bridgehead atoms. The number of hydrogen-bond donors (Lipinski definition) is 1. The first-order chi connectivity index (χ1) is 17.0. The Hall–Kier alpha value is -1.94. The van der Waals surface area contributed by atoms with Crippen LogP contribution in [0.5, 0.6) is 0 Å². The smallest absolute Gasteiger partial charge is 0.270 e. The number of carbonyl (C=O) groups is 2. The van der Waals surface area contributed by atoms with Crippen LogP contribution in [0.15, 0.2) is 6.07 Å². The Morgan fingerprint density at radius 1 is 1.19 bits per heavy atom. The van der Waals surface area contributed by atoms with Gasteiger partial charge in [-0.1, -0.05) is 20.8 Å². The predicted octanol–water partition coefficient (Wildman–Crippen LogP) is 2.75. The highest BCUT2D eigenvalue weighted by atomic mass is 32.2. The lowest BCUT2D eigenvalue weighted by Crippen LogP contribution is -2.53. The highest BCUT2D eigenvalue weighted by Gasteiger charge is 2.44. The van der Waals surface area contributed by atoms with Crippen molar-refractivity contribution in [3.63, 3.8) is 0 Å². The number of nitrogens with one attached hydrogen (secondary N) is 1. The first kappa shape index (κ1) is 29.6. The molecule has 0 radical (unpaired) electrons. The summed E-state index contributed by atoms with van der Waals surface area (Å²) in [6.07, 6.45) is 2.95. The largest absolute Gasteiger partial charge is 0.339 e. The predicted molar refractivity (Wildman–Crippen MR) is 146 cm³/mol. The van der Waals surface area contributed by atoms with Gasteiger partial charge in [-0.2, -0.15) is 5.10 Å². The molecular weight excluding hydrogens is 490 g/mol. The molecule has 2 aliphatic rings. The van der Waals surface area contributed by atoms with Gasteiger partial charge in [0, 0.05) is 37.1 Å². The molecule has 1 aromatic rings. The zero-order chi connectivity index (χ0) is 27.9. The second-order valence-electron chi connectivity index (χ2n) is 12.6. The second kappa shape index (κ2) is 11.0. The molecule has 1 saturated heterocycles. The molecular formula is C27H47N5O4S. The Bertz CT molecular complexity index is 1090. The van der Waals surface area contributed by atoms with Crippen molar-refractivity contribution in [1.82, 2.24) is 24.9 Å². The highest BCUT2D eigenvalue weighted by molar-refractivity contribution is 7.91. The van der Waals surface area contributed by atoms with E-state index in [0.29, 0.717) is 30.7 Å². The van der Waals surface area contributed by atoms with Crippen LogP contribution in [-0.2, 0) is 27.1 Å². The number of rotatable bonds is 8. The van der Waals surface area contributed by atoms with Crippen LogP contribution in [0.25, 0.3) is 0 Å². The normalized spacial score (nSPS) is 25.5. The van der Waals surface area contributed by atoms with Crippen LogP contribution < -0.4 is 5.32 Å². The van der Waals surface area contributed by atoms with Crippen LogP contribution in [0.1, 0.15) is 90.3 Å². The molecule has 37 heavy (non-hydrogen) atoms. The summed E-state index contributed by atoms with van der Waals surface area (Å²) in [4.78, 5) is 30.8. The Balaban J connectivity index is 1.76. The minimum atomic E-state index is -3.27. The molecule has 1 aromatic heterocycles. The van der Waals surface area contributed by atoms with Gasteiger partial charge in [-0.25, -0.2) is 8.42 Å². The summed E-state index contributed by atoms with van der Waals surface area (Å²) in [5, 5.41) is 6.95. The van der Waals surface area contributed by atoms with Crippen LogP contribution >= 0.6 is 0 Å². The van der Waals surface area contributed by atoms with Crippen molar-refractivity contribution in [2.45, 2.75) is 109 Å². The summed E-state index contributed by atoms with van der Waals surface area (Å²) in [6, 6.07) is 1.69. The van der Waals surface area contributed by atoms with Crippen molar-refractivity contribution >= 4 is 21.7 Å². The number of aryl methyl sites for hydroxylation is 1. The summed E-state index contributed by atoms with van der Waals surface area (Å²) < 4.78 is 27.4. The second-order valence-corrected chi connectivity index (χ2v) is 15.2. The van der Waals surface area contributed by atoms with Crippen LogP contribution in [-0.4, -0.2) is 88.6 Å². The van der Waals surface area contributed by atoms with Crippen molar-refractivity contribution in [3.05, 3.63) is 17.5 Å². The van der Waals surface area contributed by atoms with Gasteiger partial charge in [-0.3, -0.25) is 14.3 Å². The molecule has 0 spiro atoms. The molecule has 4 atom stereocenters. The summed E-state index contributed by atoms with van der Waals surface area (Å²) >= 11 is 0. The molecule has 1 aliphatic carbocycles. The molecule has 9 nitrogen and oxygen atoms in total. The van der Waals surface area contributed by atoms with E-state index >= 15 is 0 Å². The van der Waals surface area contributed by atoms with Crippen LogP contribution in [0.3, 0.4) is 0 Å². The number of aromatic nitrogens is 2. The molecule has 3 rings (SSSR count). The van der Waals surface area contributed by atoms with Crippen molar-refractivity contribution < 1.29 is 18.0 Å². The molecule has 210 valence electrons. The third-order valence-electron chi connectivity index (χ3n) is 8.30. The van der Waals surface area contributed by atoms with Gasteiger partial charge in [-0.05, 0) is 72.4 Å². The molecule has 0 aromatic carbocycles. The number of likely N-dealkylation sites (tertiary alicyclic amines) is 1. The number of nitrogens with zero attached hydrogens (tertiary/aromatic N) is 4. The van der Waals surface area contributed by atoms with Crippen molar-refractivity contribution in [3.8, 4) is 0 Å². The molecule has 0 unspecified atom stereocenters. The van der Waals surface area contributed by atoms with E-state index in [9.17, 15) is 18.0 Å². The lowest BCUT2D eigenvalue weighted by atomic mass is 9.81. The average molecular weight is 538 g/mol. The molecule has 10 heteroatoms. The standard InChI is InChI=1S/C27H47N5O4S/c1-17(2)30(8)20-10-11-22(19(14-20)16-37(35,36)18(3)4)32-13-12-21(26(32)34)28-25(33)23-15-24(27(5,6)7)29-31(23)9/h15,17-22H,10-14,16H2,1-9H3,(H,28,33)/t19-,20-,21+,22+/m1/s1. The van der Waals surface area contributed by atoms with E-state index in [1.54, 1.807) is 31.6 Å². The molecule has 2 fully saturated rings. The Kier molecular flexibility index (Phi) is 8.84. The maximum absolute atomic E-state index is 13.5. The molecule has 2 heterocycles. The average Bonchev–Trinajstić information content (AvgIpc) is 3.35. The van der Waals surface area contributed by atoms with Gasteiger partial charge in [0.05, 0.1) is 16.7 Å². The third kappa shape index (κ3) is 6.56. The third-order valence-corrected chi connectivity index (χ3v) is 10.6. The monoisotopic (exact) mass is 537 g/mol. The SMILES string of the molecule is CC(C)N(C)[C@@H]1CC[C@H](N2CC[C@H](NC(=O)c3cc(C(C)(C)C)nn3C)C2=O)[C@@H](CS(=O)(=O)C(C)C)C1. The summed E-state index contributed by atoms with van der Waals surface area (Å²) in [5.41, 5.74) is 1.05. The van der Waals surface area contributed by atoms with Crippen molar-refractivity contribution in [1.29, 1.82) is 0 Å². The number of sulfone groups is 1. The van der Waals surface area contributed by atoms with Crippen molar-refractivity contribution in [2.24, 2.45) is 13.0 Å².